The van der Waals surface area contributed by atoms with Crippen LogP contribution >= 0.6 is 27.3 Å². The van der Waals surface area contributed by atoms with Crippen LogP contribution in [-0.4, -0.2) is 62.3 Å². The van der Waals surface area contributed by atoms with Crippen LogP contribution in [0.5, 0.6) is 0 Å². The molecule has 0 spiro atoms. The molecule has 1 fully saturated rings. The number of aliphatic hydroxyl groups is 1. The standard InChI is InChI=1S/C28H29BrN4O4S/c1-16(2)23(33-13-19-5-3-4-6-21(19)27(33)36)28(37)32-14-20(34)11-22(32)26(35)30-12-17-7-9-18(10-8-17)24-25(29)31-15-38-24/h3-10,15-16,20,22-23,34H,11-14H2,1-2H3,(H,30,35)/t20-,22+,23?/m1/s1. The van der Waals surface area contributed by atoms with Crippen molar-refractivity contribution in [3.8, 4) is 10.4 Å². The predicted octanol–water partition coefficient (Wildman–Crippen LogP) is 3.83. The van der Waals surface area contributed by atoms with Gasteiger partial charge in [-0.3, -0.25) is 14.4 Å². The van der Waals surface area contributed by atoms with E-state index in [1.54, 1.807) is 27.8 Å². The second-order valence-corrected chi connectivity index (χ2v) is 11.7. The molecule has 0 bridgehead atoms. The number of carbonyl (C=O) groups is 3. The number of β-amino-alcohol motifs (C(OH)–C–C–N with tert-alkyl or cyclic N) is 1. The number of carbonyl (C=O) groups excluding carboxylic acids is 3. The zero-order valence-electron chi connectivity index (χ0n) is 21.1. The summed E-state index contributed by atoms with van der Waals surface area (Å²) >= 11 is 4.99. The van der Waals surface area contributed by atoms with Crippen molar-refractivity contribution in [1.82, 2.24) is 20.1 Å². The number of nitrogens with zero attached hydrogens (tertiary/aromatic N) is 3. The van der Waals surface area contributed by atoms with Crippen molar-refractivity contribution in [3.63, 3.8) is 0 Å². The van der Waals surface area contributed by atoms with Gasteiger partial charge in [0.1, 0.15) is 16.7 Å². The fraction of sp³-hybridized carbons (Fsp3) is 0.357. The Hall–Kier alpha value is -3.08. The first-order chi connectivity index (χ1) is 18.2. The minimum absolute atomic E-state index is 0.0630. The van der Waals surface area contributed by atoms with Gasteiger partial charge in [0, 0.05) is 31.6 Å². The lowest BCUT2D eigenvalue weighted by molar-refractivity contribution is -0.143. The summed E-state index contributed by atoms with van der Waals surface area (Å²) < 4.78 is 0.798. The van der Waals surface area contributed by atoms with E-state index in [4.69, 9.17) is 0 Å². The van der Waals surface area contributed by atoms with Gasteiger partial charge in [-0.25, -0.2) is 4.98 Å². The highest BCUT2D eigenvalue weighted by Crippen LogP contribution is 2.32. The van der Waals surface area contributed by atoms with Gasteiger partial charge < -0.3 is 20.2 Å². The smallest absolute Gasteiger partial charge is 0.255 e. The summed E-state index contributed by atoms with van der Waals surface area (Å²) in [4.78, 5) is 48.5. The SMILES string of the molecule is CC(C)C(C(=O)N1C[C@H](O)C[C@H]1C(=O)NCc1ccc(-c2scnc2Br)cc1)N1Cc2ccccc2C1=O. The number of hydrogen-bond donors (Lipinski definition) is 2. The lowest BCUT2D eigenvalue weighted by atomic mass is 10.0. The number of aliphatic hydroxyl groups excluding tert-OH is 1. The lowest BCUT2D eigenvalue weighted by Gasteiger charge is -2.35. The summed E-state index contributed by atoms with van der Waals surface area (Å²) in [7, 11) is 0. The summed E-state index contributed by atoms with van der Waals surface area (Å²) in [6.07, 6.45) is -0.638. The van der Waals surface area contributed by atoms with Crippen molar-refractivity contribution >= 4 is 45.0 Å². The molecule has 0 saturated carbocycles. The van der Waals surface area contributed by atoms with E-state index in [-0.39, 0.29) is 36.6 Å². The normalized spacial score (nSPS) is 19.7. The maximum atomic E-state index is 13.8. The number of amides is 3. The largest absolute Gasteiger partial charge is 0.391 e. The number of aromatic nitrogens is 1. The minimum Gasteiger partial charge on any atom is -0.391 e. The zero-order chi connectivity index (χ0) is 27.0. The van der Waals surface area contributed by atoms with Gasteiger partial charge in [-0.1, -0.05) is 56.3 Å². The van der Waals surface area contributed by atoms with Gasteiger partial charge in [0.15, 0.2) is 0 Å². The number of nitrogens with one attached hydrogen (secondary N) is 1. The van der Waals surface area contributed by atoms with Crippen LogP contribution < -0.4 is 5.32 Å². The van der Waals surface area contributed by atoms with Crippen molar-refractivity contribution in [2.45, 2.75) is 51.5 Å². The average Bonchev–Trinajstić information content (AvgIpc) is 3.60. The van der Waals surface area contributed by atoms with Crippen LogP contribution in [0.3, 0.4) is 0 Å². The van der Waals surface area contributed by atoms with Gasteiger partial charge in [-0.2, -0.15) is 0 Å². The highest BCUT2D eigenvalue weighted by Gasteiger charge is 2.45. The van der Waals surface area contributed by atoms with E-state index in [1.165, 1.54) is 4.90 Å². The van der Waals surface area contributed by atoms with Crippen LogP contribution in [-0.2, 0) is 22.7 Å². The van der Waals surface area contributed by atoms with E-state index >= 15 is 0 Å². The van der Waals surface area contributed by atoms with Crippen molar-refractivity contribution in [2.24, 2.45) is 5.92 Å². The van der Waals surface area contributed by atoms with Gasteiger partial charge in [0.05, 0.1) is 16.5 Å². The monoisotopic (exact) mass is 596 g/mol. The molecule has 1 saturated heterocycles. The first-order valence-electron chi connectivity index (χ1n) is 12.6. The second-order valence-electron chi connectivity index (χ2n) is 10.1. The number of fused-ring (bicyclic) bond motifs is 1. The Labute approximate surface area is 233 Å². The van der Waals surface area contributed by atoms with Crippen LogP contribution in [0.1, 0.15) is 41.8 Å². The van der Waals surface area contributed by atoms with E-state index < -0.39 is 18.2 Å². The van der Waals surface area contributed by atoms with E-state index in [0.29, 0.717) is 18.7 Å². The number of rotatable bonds is 7. The van der Waals surface area contributed by atoms with Crippen LogP contribution in [0, 0.1) is 5.92 Å². The molecule has 198 valence electrons. The average molecular weight is 598 g/mol. The molecule has 2 aromatic carbocycles. The molecule has 3 atom stereocenters. The summed E-state index contributed by atoms with van der Waals surface area (Å²) in [5.74, 6) is -0.971. The number of halogens is 1. The highest BCUT2D eigenvalue weighted by molar-refractivity contribution is 9.10. The summed E-state index contributed by atoms with van der Waals surface area (Å²) in [6.45, 7) is 4.51. The number of benzene rings is 2. The second kappa shape index (κ2) is 11.0. The molecule has 2 N–H and O–H groups in total. The molecular formula is C28H29BrN4O4S. The van der Waals surface area contributed by atoms with E-state index in [9.17, 15) is 19.5 Å². The van der Waals surface area contributed by atoms with Gasteiger partial charge in [-0.05, 0) is 44.6 Å². The summed E-state index contributed by atoms with van der Waals surface area (Å²) in [5.41, 5.74) is 5.22. The topological polar surface area (TPSA) is 103 Å². The number of hydrogen-bond acceptors (Lipinski definition) is 6. The molecule has 2 aliphatic heterocycles. The number of likely N-dealkylation sites (tertiary alicyclic amines) is 1. The molecule has 0 radical (unpaired) electrons. The van der Waals surface area contributed by atoms with Crippen molar-refractivity contribution in [3.05, 3.63) is 75.3 Å². The molecule has 2 aliphatic rings. The van der Waals surface area contributed by atoms with Crippen LogP contribution in [0.25, 0.3) is 10.4 Å². The molecule has 38 heavy (non-hydrogen) atoms. The van der Waals surface area contributed by atoms with Crippen molar-refractivity contribution in [2.75, 3.05) is 6.54 Å². The Bertz CT molecular complexity index is 1360. The van der Waals surface area contributed by atoms with E-state index in [1.807, 2.05) is 56.3 Å². The van der Waals surface area contributed by atoms with Crippen molar-refractivity contribution in [1.29, 1.82) is 0 Å². The molecule has 3 heterocycles. The minimum atomic E-state index is -0.800. The fourth-order valence-corrected chi connectivity index (χ4v) is 6.69. The number of thiazole rings is 1. The van der Waals surface area contributed by atoms with Crippen molar-refractivity contribution < 1.29 is 19.5 Å². The Balaban J connectivity index is 1.27. The van der Waals surface area contributed by atoms with Crippen LogP contribution in [0.15, 0.2) is 58.6 Å². The quantitative estimate of drug-likeness (QED) is 0.431. The Morgan fingerprint density at radius 1 is 1.18 bits per heavy atom. The third kappa shape index (κ3) is 5.12. The summed E-state index contributed by atoms with van der Waals surface area (Å²) in [5, 5.41) is 13.3. The molecule has 3 amide bonds. The molecule has 3 aromatic rings. The fourth-order valence-electron chi connectivity index (χ4n) is 5.26. The van der Waals surface area contributed by atoms with Crippen LogP contribution in [0.4, 0.5) is 0 Å². The lowest BCUT2D eigenvalue weighted by Crippen LogP contribution is -2.55. The predicted molar refractivity (Wildman–Crippen MR) is 148 cm³/mol. The van der Waals surface area contributed by atoms with Gasteiger partial charge in [0.25, 0.3) is 5.91 Å². The highest BCUT2D eigenvalue weighted by atomic mass is 79.9. The molecule has 5 rings (SSSR count). The molecular weight excluding hydrogens is 568 g/mol. The first-order valence-corrected chi connectivity index (χ1v) is 14.2. The van der Waals surface area contributed by atoms with Crippen LogP contribution in [0.2, 0.25) is 0 Å². The van der Waals surface area contributed by atoms with Gasteiger partial charge in [0.2, 0.25) is 11.8 Å². The third-order valence-electron chi connectivity index (χ3n) is 7.14. The third-order valence-corrected chi connectivity index (χ3v) is 8.88. The zero-order valence-corrected chi connectivity index (χ0v) is 23.5. The Kier molecular flexibility index (Phi) is 7.65. The maximum Gasteiger partial charge on any atom is 0.255 e. The Morgan fingerprint density at radius 3 is 2.58 bits per heavy atom. The first kappa shape index (κ1) is 26.5. The van der Waals surface area contributed by atoms with Gasteiger partial charge in [-0.15, -0.1) is 11.3 Å². The molecule has 0 aliphatic carbocycles. The van der Waals surface area contributed by atoms with E-state index in [2.05, 4.69) is 26.2 Å². The molecule has 8 nitrogen and oxygen atoms in total. The summed E-state index contributed by atoms with van der Waals surface area (Å²) in [6, 6.07) is 13.7. The Morgan fingerprint density at radius 2 is 1.92 bits per heavy atom. The molecule has 1 aromatic heterocycles. The van der Waals surface area contributed by atoms with E-state index in [0.717, 1.165) is 26.2 Å². The molecule has 1 unspecified atom stereocenters. The maximum absolute atomic E-state index is 13.8. The van der Waals surface area contributed by atoms with Gasteiger partial charge >= 0.3 is 0 Å². The molecule has 10 heteroatoms.